The maximum atomic E-state index is 12.2. The van der Waals surface area contributed by atoms with Crippen LogP contribution >= 0.6 is 11.8 Å². The first-order chi connectivity index (χ1) is 12.5. The average Bonchev–Trinajstić information content (AvgIpc) is 2.85. The van der Waals surface area contributed by atoms with Crippen molar-refractivity contribution in [3.63, 3.8) is 0 Å². The van der Waals surface area contributed by atoms with E-state index in [2.05, 4.69) is 5.32 Å². The first-order valence-corrected chi connectivity index (χ1v) is 9.79. The molecule has 1 heterocycles. The SMILES string of the molecule is COCCOCCCNC(=O)CCN1C(=O)CC(SCCC(C)=O)C1=O. The van der Waals surface area contributed by atoms with E-state index in [9.17, 15) is 19.2 Å². The Morgan fingerprint density at radius 3 is 2.69 bits per heavy atom. The summed E-state index contributed by atoms with van der Waals surface area (Å²) in [4.78, 5) is 48.1. The summed E-state index contributed by atoms with van der Waals surface area (Å²) in [7, 11) is 1.60. The summed E-state index contributed by atoms with van der Waals surface area (Å²) in [5.41, 5.74) is 0. The molecular formula is C17H28N2O6S. The number of amides is 3. The van der Waals surface area contributed by atoms with Gasteiger partial charge in [-0.15, -0.1) is 11.8 Å². The molecule has 0 aromatic carbocycles. The molecule has 0 spiro atoms. The zero-order chi connectivity index (χ0) is 19.4. The first-order valence-electron chi connectivity index (χ1n) is 8.74. The third-order valence-corrected chi connectivity index (χ3v) is 4.97. The summed E-state index contributed by atoms with van der Waals surface area (Å²) in [6.07, 6.45) is 1.31. The van der Waals surface area contributed by atoms with Gasteiger partial charge in [-0.2, -0.15) is 0 Å². The van der Waals surface area contributed by atoms with Crippen LogP contribution in [0.3, 0.4) is 0 Å². The molecule has 3 amide bonds. The Kier molecular flexibility index (Phi) is 11.1. The van der Waals surface area contributed by atoms with Gasteiger partial charge in [0.15, 0.2) is 0 Å². The minimum atomic E-state index is -0.436. The highest BCUT2D eigenvalue weighted by Crippen LogP contribution is 2.25. The number of nitrogens with zero attached hydrogens (tertiary/aromatic N) is 1. The fraction of sp³-hybridized carbons (Fsp3) is 0.765. The molecule has 148 valence electrons. The number of hydrogen-bond acceptors (Lipinski definition) is 7. The van der Waals surface area contributed by atoms with Crippen LogP contribution < -0.4 is 5.32 Å². The Hall–Kier alpha value is -1.45. The van der Waals surface area contributed by atoms with Crippen molar-refractivity contribution in [2.75, 3.05) is 45.8 Å². The van der Waals surface area contributed by atoms with Gasteiger partial charge in [0.1, 0.15) is 5.78 Å². The van der Waals surface area contributed by atoms with Gasteiger partial charge in [-0.1, -0.05) is 0 Å². The van der Waals surface area contributed by atoms with Crippen LogP contribution in [-0.4, -0.2) is 79.4 Å². The molecule has 9 heteroatoms. The van der Waals surface area contributed by atoms with Gasteiger partial charge in [-0.3, -0.25) is 24.1 Å². The molecule has 0 bridgehead atoms. The zero-order valence-electron chi connectivity index (χ0n) is 15.5. The van der Waals surface area contributed by atoms with Crippen LogP contribution in [0.25, 0.3) is 0 Å². The molecule has 1 atom stereocenters. The molecule has 1 saturated heterocycles. The van der Waals surface area contributed by atoms with Crippen molar-refractivity contribution in [3.05, 3.63) is 0 Å². The van der Waals surface area contributed by atoms with Gasteiger partial charge in [0.25, 0.3) is 0 Å². The molecule has 8 nitrogen and oxygen atoms in total. The second kappa shape index (κ2) is 12.8. The molecule has 0 aromatic rings. The number of ketones is 1. The highest BCUT2D eigenvalue weighted by Gasteiger charge is 2.38. The predicted molar refractivity (Wildman–Crippen MR) is 97.8 cm³/mol. The van der Waals surface area contributed by atoms with E-state index in [1.165, 1.54) is 18.7 Å². The number of carbonyl (C=O) groups is 4. The highest BCUT2D eigenvalue weighted by atomic mass is 32.2. The quantitative estimate of drug-likeness (QED) is 0.339. The molecule has 0 aromatic heterocycles. The van der Waals surface area contributed by atoms with Gasteiger partial charge in [0.2, 0.25) is 17.7 Å². The Labute approximate surface area is 158 Å². The number of Topliss-reactive ketones (excluding diaryl/α,β-unsaturated/α-hetero) is 1. The van der Waals surface area contributed by atoms with Gasteiger partial charge in [0, 0.05) is 51.8 Å². The van der Waals surface area contributed by atoms with E-state index in [1.54, 1.807) is 7.11 Å². The molecule has 1 fully saturated rings. The second-order valence-corrected chi connectivity index (χ2v) is 7.27. The maximum absolute atomic E-state index is 12.2. The third-order valence-electron chi connectivity index (χ3n) is 3.76. The molecule has 1 unspecified atom stereocenters. The summed E-state index contributed by atoms with van der Waals surface area (Å²) in [6, 6.07) is 0. The molecule has 1 aliphatic rings. The molecule has 1 N–H and O–H groups in total. The number of ether oxygens (including phenoxy) is 2. The van der Waals surface area contributed by atoms with Crippen LogP contribution in [0.4, 0.5) is 0 Å². The zero-order valence-corrected chi connectivity index (χ0v) is 16.3. The molecule has 0 radical (unpaired) electrons. The van der Waals surface area contributed by atoms with E-state index in [4.69, 9.17) is 9.47 Å². The predicted octanol–water partition coefficient (Wildman–Crippen LogP) is 0.386. The summed E-state index contributed by atoms with van der Waals surface area (Å²) < 4.78 is 10.1. The second-order valence-electron chi connectivity index (χ2n) is 5.96. The number of hydrogen-bond donors (Lipinski definition) is 1. The number of nitrogens with one attached hydrogen (secondary N) is 1. The lowest BCUT2D eigenvalue weighted by atomic mass is 10.3. The average molecular weight is 388 g/mol. The van der Waals surface area contributed by atoms with E-state index in [-0.39, 0.29) is 42.9 Å². The topological polar surface area (TPSA) is 102 Å². The van der Waals surface area contributed by atoms with E-state index >= 15 is 0 Å². The smallest absolute Gasteiger partial charge is 0.242 e. The van der Waals surface area contributed by atoms with Gasteiger partial charge in [-0.05, 0) is 13.3 Å². The summed E-state index contributed by atoms with van der Waals surface area (Å²) in [6.45, 7) is 3.67. The fourth-order valence-corrected chi connectivity index (χ4v) is 3.53. The molecular weight excluding hydrogens is 360 g/mol. The molecule has 1 rings (SSSR count). The Morgan fingerprint density at radius 2 is 2.00 bits per heavy atom. The van der Waals surface area contributed by atoms with Crippen LogP contribution in [0.15, 0.2) is 0 Å². The maximum Gasteiger partial charge on any atom is 0.242 e. The number of rotatable bonds is 14. The minimum absolute atomic E-state index is 0.0619. The molecule has 26 heavy (non-hydrogen) atoms. The van der Waals surface area contributed by atoms with Crippen molar-refractivity contribution >= 4 is 35.3 Å². The van der Waals surface area contributed by atoms with Crippen LogP contribution in [0.5, 0.6) is 0 Å². The van der Waals surface area contributed by atoms with Crippen molar-refractivity contribution in [1.82, 2.24) is 10.2 Å². The van der Waals surface area contributed by atoms with Gasteiger partial charge in [-0.25, -0.2) is 0 Å². The largest absolute Gasteiger partial charge is 0.382 e. The summed E-state index contributed by atoms with van der Waals surface area (Å²) in [5.74, 6) is -0.126. The van der Waals surface area contributed by atoms with Crippen molar-refractivity contribution in [1.29, 1.82) is 0 Å². The monoisotopic (exact) mass is 388 g/mol. The van der Waals surface area contributed by atoms with Crippen molar-refractivity contribution < 1.29 is 28.7 Å². The van der Waals surface area contributed by atoms with E-state index in [1.807, 2.05) is 0 Å². The lowest BCUT2D eigenvalue weighted by molar-refractivity contribution is -0.138. The van der Waals surface area contributed by atoms with Crippen LogP contribution in [0.1, 0.15) is 32.6 Å². The van der Waals surface area contributed by atoms with Gasteiger partial charge >= 0.3 is 0 Å². The minimum Gasteiger partial charge on any atom is -0.382 e. The van der Waals surface area contributed by atoms with Crippen LogP contribution in [0, 0.1) is 0 Å². The normalized spacial score (nSPS) is 17.0. The number of carbonyl (C=O) groups excluding carboxylic acids is 4. The standard InChI is InChI=1S/C17H28N2O6S/c1-13(20)5-11-26-14-12-16(22)19(17(14)23)7-4-15(21)18-6-3-8-25-10-9-24-2/h14H,3-12H2,1-2H3,(H,18,21). The lowest BCUT2D eigenvalue weighted by Gasteiger charge is -2.14. The van der Waals surface area contributed by atoms with Crippen molar-refractivity contribution in [2.24, 2.45) is 0 Å². The summed E-state index contributed by atoms with van der Waals surface area (Å²) >= 11 is 1.33. The number of likely N-dealkylation sites (tertiary alicyclic amines) is 1. The van der Waals surface area contributed by atoms with Crippen LogP contribution in [0.2, 0.25) is 0 Å². The molecule has 0 aliphatic carbocycles. The molecule has 0 saturated carbocycles. The first kappa shape index (κ1) is 22.6. The Bertz CT molecular complexity index is 500. The molecule has 1 aliphatic heterocycles. The lowest BCUT2D eigenvalue weighted by Crippen LogP contribution is -2.36. The summed E-state index contributed by atoms with van der Waals surface area (Å²) in [5, 5.41) is 2.31. The van der Waals surface area contributed by atoms with Crippen molar-refractivity contribution in [3.8, 4) is 0 Å². The van der Waals surface area contributed by atoms with Gasteiger partial charge < -0.3 is 14.8 Å². The van der Waals surface area contributed by atoms with E-state index in [0.29, 0.717) is 45.0 Å². The van der Waals surface area contributed by atoms with Gasteiger partial charge in [0.05, 0.1) is 18.5 Å². The van der Waals surface area contributed by atoms with E-state index in [0.717, 1.165) is 4.90 Å². The number of imide groups is 1. The van der Waals surface area contributed by atoms with E-state index < -0.39 is 5.25 Å². The van der Waals surface area contributed by atoms with Crippen LogP contribution in [-0.2, 0) is 28.7 Å². The van der Waals surface area contributed by atoms with Crippen molar-refractivity contribution in [2.45, 2.75) is 37.9 Å². The fourth-order valence-electron chi connectivity index (χ4n) is 2.31. The Balaban J connectivity index is 2.18. The number of methoxy groups -OCH3 is 1. The third kappa shape index (κ3) is 8.77. The Morgan fingerprint density at radius 1 is 1.23 bits per heavy atom. The number of thioether (sulfide) groups is 1. The highest BCUT2D eigenvalue weighted by molar-refractivity contribution is 8.00.